The molecule has 0 fully saturated rings. The van der Waals surface area contributed by atoms with Gasteiger partial charge in [-0.05, 0) is 18.4 Å². The fourth-order valence-electron chi connectivity index (χ4n) is 1.55. The van der Waals surface area contributed by atoms with Crippen LogP contribution in [0.15, 0.2) is 18.2 Å². The lowest BCUT2D eigenvalue weighted by Gasteiger charge is -2.01. The van der Waals surface area contributed by atoms with E-state index in [4.69, 9.17) is 16.7 Å². The monoisotopic (exact) mass is 256 g/mol. The summed E-state index contributed by atoms with van der Waals surface area (Å²) in [4.78, 5) is 15.1. The first kappa shape index (κ1) is 11.3. The molecular weight excluding hydrogens is 248 g/mol. The third kappa shape index (κ3) is 1.76. The van der Waals surface area contributed by atoms with Crippen molar-refractivity contribution < 1.29 is 9.90 Å². The molecule has 2 rings (SSSR count). The van der Waals surface area contributed by atoms with Gasteiger partial charge in [-0.15, -0.1) is 0 Å². The molecule has 0 saturated carbocycles. The summed E-state index contributed by atoms with van der Waals surface area (Å²) in [5.74, 6) is 0.246. The molecule has 84 valence electrons. The summed E-state index contributed by atoms with van der Waals surface area (Å²) in [5, 5.41) is 9.50. The standard InChI is InChI=1S/C10H9ClN2O2S/c1-16-5-8-12-9(10(14)15)6-3-2-4-7(11)13(6)8/h2-4H,5H2,1H3,(H,14,15). The van der Waals surface area contributed by atoms with Crippen molar-refractivity contribution in [1.29, 1.82) is 0 Å². The van der Waals surface area contributed by atoms with Gasteiger partial charge in [-0.1, -0.05) is 17.7 Å². The number of carbonyl (C=O) groups is 1. The number of thioether (sulfide) groups is 1. The van der Waals surface area contributed by atoms with Crippen molar-refractivity contribution in [3.8, 4) is 0 Å². The lowest BCUT2D eigenvalue weighted by atomic mass is 10.3. The molecule has 2 heterocycles. The molecule has 0 saturated heterocycles. The predicted octanol–water partition coefficient (Wildman–Crippen LogP) is 2.55. The quantitative estimate of drug-likeness (QED) is 0.858. The highest BCUT2D eigenvalue weighted by Gasteiger charge is 2.17. The molecule has 6 heteroatoms. The van der Waals surface area contributed by atoms with Crippen molar-refractivity contribution >= 4 is 34.8 Å². The number of nitrogens with zero attached hydrogens (tertiary/aromatic N) is 2. The number of pyridine rings is 1. The molecule has 16 heavy (non-hydrogen) atoms. The van der Waals surface area contributed by atoms with Crippen molar-refractivity contribution in [1.82, 2.24) is 9.38 Å². The Morgan fingerprint density at radius 3 is 3.00 bits per heavy atom. The lowest BCUT2D eigenvalue weighted by Crippen LogP contribution is -1.97. The van der Waals surface area contributed by atoms with Crippen LogP contribution in [0.4, 0.5) is 0 Å². The molecule has 2 aromatic heterocycles. The predicted molar refractivity (Wildman–Crippen MR) is 64.4 cm³/mol. The maximum absolute atomic E-state index is 11.0. The van der Waals surface area contributed by atoms with Crippen molar-refractivity contribution in [3.05, 3.63) is 34.9 Å². The number of imidazole rings is 1. The smallest absolute Gasteiger partial charge is 0.356 e. The van der Waals surface area contributed by atoms with Crippen LogP contribution in [0.1, 0.15) is 16.3 Å². The van der Waals surface area contributed by atoms with E-state index in [9.17, 15) is 4.79 Å². The average molecular weight is 257 g/mol. The van der Waals surface area contributed by atoms with Crippen molar-refractivity contribution in [2.24, 2.45) is 0 Å². The molecule has 4 nitrogen and oxygen atoms in total. The van der Waals surface area contributed by atoms with E-state index in [1.54, 1.807) is 34.4 Å². The van der Waals surface area contributed by atoms with Crippen LogP contribution in [0.5, 0.6) is 0 Å². The van der Waals surface area contributed by atoms with Gasteiger partial charge in [-0.2, -0.15) is 11.8 Å². The molecule has 0 aliphatic heterocycles. The minimum Gasteiger partial charge on any atom is -0.476 e. The Balaban J connectivity index is 2.76. The topological polar surface area (TPSA) is 54.6 Å². The Hall–Kier alpha value is -1.20. The summed E-state index contributed by atoms with van der Waals surface area (Å²) < 4.78 is 1.67. The van der Waals surface area contributed by atoms with Gasteiger partial charge in [0.15, 0.2) is 5.69 Å². The van der Waals surface area contributed by atoms with E-state index >= 15 is 0 Å². The highest BCUT2D eigenvalue weighted by molar-refractivity contribution is 7.97. The summed E-state index contributed by atoms with van der Waals surface area (Å²) in [6.07, 6.45) is 1.93. The summed E-state index contributed by atoms with van der Waals surface area (Å²) >= 11 is 7.61. The van der Waals surface area contributed by atoms with Crippen LogP contribution >= 0.6 is 23.4 Å². The number of fused-ring (bicyclic) bond motifs is 1. The fourth-order valence-corrected chi connectivity index (χ4v) is 2.26. The zero-order chi connectivity index (χ0) is 11.7. The molecule has 0 atom stereocenters. The Morgan fingerprint density at radius 1 is 1.62 bits per heavy atom. The molecule has 0 bridgehead atoms. The number of halogens is 1. The maximum atomic E-state index is 11.0. The van der Waals surface area contributed by atoms with Crippen LogP contribution in [0.2, 0.25) is 5.15 Å². The maximum Gasteiger partial charge on any atom is 0.356 e. The third-order valence-electron chi connectivity index (χ3n) is 2.16. The van der Waals surface area contributed by atoms with Crippen LogP contribution in [-0.4, -0.2) is 26.7 Å². The van der Waals surface area contributed by atoms with E-state index in [0.717, 1.165) is 0 Å². The van der Waals surface area contributed by atoms with Gasteiger partial charge in [0.2, 0.25) is 0 Å². The first-order valence-electron chi connectivity index (χ1n) is 4.53. The summed E-state index contributed by atoms with van der Waals surface area (Å²) in [7, 11) is 0. The van der Waals surface area contributed by atoms with E-state index < -0.39 is 5.97 Å². The first-order valence-corrected chi connectivity index (χ1v) is 6.30. The zero-order valence-electron chi connectivity index (χ0n) is 8.48. The number of rotatable bonds is 3. The summed E-state index contributed by atoms with van der Waals surface area (Å²) in [5.41, 5.74) is 0.579. The molecule has 2 aromatic rings. The first-order chi connectivity index (χ1) is 7.65. The van der Waals surface area contributed by atoms with Gasteiger partial charge in [0.1, 0.15) is 11.0 Å². The molecule has 1 N–H and O–H groups in total. The molecular formula is C10H9ClN2O2S. The van der Waals surface area contributed by atoms with Crippen LogP contribution < -0.4 is 0 Å². The number of hydrogen-bond donors (Lipinski definition) is 1. The number of aromatic carboxylic acids is 1. The number of carboxylic acids is 1. The number of carboxylic acid groups (broad SMARTS) is 1. The largest absolute Gasteiger partial charge is 0.476 e. The average Bonchev–Trinajstić information content (AvgIpc) is 2.59. The van der Waals surface area contributed by atoms with E-state index in [0.29, 0.717) is 22.2 Å². The van der Waals surface area contributed by atoms with Crippen LogP contribution in [0.25, 0.3) is 5.52 Å². The fraction of sp³-hybridized carbons (Fsp3) is 0.200. The SMILES string of the molecule is CSCc1nc(C(=O)O)c2cccc(Cl)n12. The Labute approximate surface area is 101 Å². The molecule has 0 amide bonds. The number of hydrogen-bond acceptors (Lipinski definition) is 3. The van der Waals surface area contributed by atoms with Gasteiger partial charge in [0.25, 0.3) is 0 Å². The molecule has 0 radical (unpaired) electrons. The van der Waals surface area contributed by atoms with Crippen molar-refractivity contribution in [2.45, 2.75) is 5.75 Å². The van der Waals surface area contributed by atoms with E-state index in [1.165, 1.54) is 0 Å². The Morgan fingerprint density at radius 2 is 2.38 bits per heavy atom. The normalized spacial score (nSPS) is 10.9. The van der Waals surface area contributed by atoms with E-state index in [1.807, 2.05) is 6.26 Å². The molecule has 0 aliphatic rings. The zero-order valence-corrected chi connectivity index (χ0v) is 10.0. The highest BCUT2D eigenvalue weighted by atomic mass is 35.5. The van der Waals surface area contributed by atoms with Gasteiger partial charge in [0, 0.05) is 0 Å². The third-order valence-corrected chi connectivity index (χ3v) is 3.00. The number of aromatic nitrogens is 2. The van der Waals surface area contributed by atoms with Gasteiger partial charge >= 0.3 is 5.97 Å². The Kier molecular flexibility index (Phi) is 3.07. The van der Waals surface area contributed by atoms with Crippen molar-refractivity contribution in [3.63, 3.8) is 0 Å². The molecule has 0 aromatic carbocycles. The second-order valence-electron chi connectivity index (χ2n) is 3.18. The molecule has 0 spiro atoms. The lowest BCUT2D eigenvalue weighted by molar-refractivity contribution is 0.0693. The molecule has 0 unspecified atom stereocenters. The molecule has 0 aliphatic carbocycles. The Bertz CT molecular complexity index is 553. The van der Waals surface area contributed by atoms with Gasteiger partial charge in [-0.25, -0.2) is 9.78 Å². The van der Waals surface area contributed by atoms with E-state index in [-0.39, 0.29) is 5.69 Å². The van der Waals surface area contributed by atoms with Gasteiger partial charge in [-0.3, -0.25) is 4.40 Å². The summed E-state index contributed by atoms with van der Waals surface area (Å²) in [6.45, 7) is 0. The second-order valence-corrected chi connectivity index (χ2v) is 4.44. The van der Waals surface area contributed by atoms with Crippen molar-refractivity contribution in [2.75, 3.05) is 6.26 Å². The summed E-state index contributed by atoms with van der Waals surface area (Å²) in [6, 6.07) is 5.13. The van der Waals surface area contributed by atoms with Crippen LogP contribution in [0, 0.1) is 0 Å². The second kappa shape index (κ2) is 4.35. The minimum absolute atomic E-state index is 0.0477. The van der Waals surface area contributed by atoms with E-state index in [2.05, 4.69) is 4.98 Å². The van der Waals surface area contributed by atoms with Crippen LogP contribution in [-0.2, 0) is 5.75 Å². The van der Waals surface area contributed by atoms with Gasteiger partial charge in [0.05, 0.1) is 11.3 Å². The van der Waals surface area contributed by atoms with Crippen LogP contribution in [0.3, 0.4) is 0 Å². The minimum atomic E-state index is -1.04. The van der Waals surface area contributed by atoms with Gasteiger partial charge < -0.3 is 5.11 Å². The highest BCUT2D eigenvalue weighted by Crippen LogP contribution is 2.21.